The molecular weight excluding hydrogens is 402 g/mol. The van der Waals surface area contributed by atoms with Gasteiger partial charge in [-0.1, -0.05) is 32.4 Å². The van der Waals surface area contributed by atoms with Crippen LogP contribution in [0, 0.1) is 0 Å². The van der Waals surface area contributed by atoms with E-state index in [4.69, 9.17) is 20.2 Å². The molecule has 1 aromatic carbocycles. The van der Waals surface area contributed by atoms with Crippen LogP contribution < -0.4 is 0 Å². The van der Waals surface area contributed by atoms with Gasteiger partial charge in [0, 0.05) is 5.41 Å². The molecule has 0 N–H and O–H groups in total. The van der Waals surface area contributed by atoms with E-state index in [0.29, 0.717) is 11.4 Å². The minimum atomic E-state index is -3.82. The first-order valence-electron chi connectivity index (χ1n) is 8.01. The Kier molecular flexibility index (Phi) is 4.66. The number of hydrogen-bond donors (Lipinski definition) is 0. The van der Waals surface area contributed by atoms with E-state index in [0.717, 1.165) is 6.26 Å². The monoisotopic (exact) mass is 421 g/mol. The molecule has 1 saturated carbocycles. The Balaban J connectivity index is 1.99. The highest BCUT2D eigenvalue weighted by Crippen LogP contribution is 2.40. The molecule has 7 nitrogen and oxygen atoms in total. The van der Waals surface area contributed by atoms with Crippen LogP contribution >= 0.6 is 11.6 Å². The molecule has 1 aromatic heterocycles. The molecule has 0 saturated heterocycles. The molecule has 1 aliphatic carbocycles. The summed E-state index contributed by atoms with van der Waals surface area (Å²) in [6.45, 7) is 5.73. The summed E-state index contributed by atoms with van der Waals surface area (Å²) in [6, 6.07) is 3.10. The molecule has 0 atom stereocenters. The van der Waals surface area contributed by atoms with Crippen molar-refractivity contribution in [2.24, 2.45) is 0 Å². The van der Waals surface area contributed by atoms with Crippen molar-refractivity contribution < 1.29 is 25.4 Å². The number of fused-ring (bicyclic) bond motifs is 1. The summed E-state index contributed by atoms with van der Waals surface area (Å²) in [6.07, 6.45) is 0.474. The van der Waals surface area contributed by atoms with E-state index in [2.05, 4.69) is 4.98 Å². The molecule has 1 aliphatic rings. The molecule has 0 aliphatic heterocycles. The van der Waals surface area contributed by atoms with Gasteiger partial charge in [0.25, 0.3) is 10.1 Å². The van der Waals surface area contributed by atoms with E-state index in [1.165, 1.54) is 6.07 Å². The third-order valence-corrected chi connectivity index (χ3v) is 7.48. The van der Waals surface area contributed by atoms with E-state index in [-0.39, 0.29) is 28.3 Å². The molecule has 0 amide bonds. The Morgan fingerprint density at radius 3 is 2.35 bits per heavy atom. The normalized spacial score (nSPS) is 21.7. The highest BCUT2D eigenvalue weighted by atomic mass is 35.5. The third kappa shape index (κ3) is 3.62. The zero-order valence-corrected chi connectivity index (χ0v) is 17.2. The zero-order chi connectivity index (χ0) is 19.5. The fourth-order valence-corrected chi connectivity index (χ4v) is 5.93. The topological polar surface area (TPSA) is 104 Å². The molecular formula is C16H20ClNO6S2. The van der Waals surface area contributed by atoms with Gasteiger partial charge in [-0.3, -0.25) is 4.18 Å². The lowest BCUT2D eigenvalue weighted by molar-refractivity contribution is 0.131. The van der Waals surface area contributed by atoms with E-state index >= 15 is 0 Å². The average Bonchev–Trinajstić information content (AvgIpc) is 2.84. The van der Waals surface area contributed by atoms with Crippen molar-refractivity contribution in [3.63, 3.8) is 0 Å². The van der Waals surface area contributed by atoms with Crippen molar-refractivity contribution in [1.82, 2.24) is 4.98 Å². The summed E-state index contributed by atoms with van der Waals surface area (Å²) < 4.78 is 59.0. The Bertz CT molecular complexity index is 1060. The van der Waals surface area contributed by atoms with Gasteiger partial charge in [-0.25, -0.2) is 13.4 Å². The van der Waals surface area contributed by atoms with Crippen LogP contribution in [0.1, 0.15) is 39.5 Å². The standard InChI is InChI=1S/C16H20ClNO6S2/c1-16(2,3)15-18-12-6-5-11(17)14(13(12)23-15)26(21,22)10-7-9(8-10)24-25(4,19)20/h5-6,9-10H,7-8H2,1-4H3/t9-,10+. The van der Waals surface area contributed by atoms with Gasteiger partial charge < -0.3 is 4.42 Å². The molecule has 1 heterocycles. The van der Waals surface area contributed by atoms with Crippen LogP contribution in [0.4, 0.5) is 0 Å². The van der Waals surface area contributed by atoms with Crippen molar-refractivity contribution in [2.75, 3.05) is 6.26 Å². The zero-order valence-electron chi connectivity index (χ0n) is 14.8. The molecule has 2 aromatic rings. The van der Waals surface area contributed by atoms with Crippen LogP contribution in [0.5, 0.6) is 0 Å². The minimum Gasteiger partial charge on any atom is -0.439 e. The van der Waals surface area contributed by atoms with Crippen LogP contribution in [-0.2, 0) is 29.6 Å². The number of benzene rings is 1. The average molecular weight is 422 g/mol. The largest absolute Gasteiger partial charge is 0.439 e. The first-order chi connectivity index (χ1) is 11.8. The predicted octanol–water partition coefficient (Wildman–Crippen LogP) is 3.06. The van der Waals surface area contributed by atoms with Crippen molar-refractivity contribution in [3.05, 3.63) is 23.0 Å². The summed E-state index contributed by atoms with van der Waals surface area (Å²) >= 11 is 6.19. The van der Waals surface area contributed by atoms with Crippen LogP contribution in [-0.4, -0.2) is 39.4 Å². The fraction of sp³-hybridized carbons (Fsp3) is 0.562. The molecule has 0 spiro atoms. The maximum absolute atomic E-state index is 13.0. The van der Waals surface area contributed by atoms with Crippen LogP contribution in [0.15, 0.2) is 21.4 Å². The summed E-state index contributed by atoms with van der Waals surface area (Å²) in [5.74, 6) is 0.415. The van der Waals surface area contributed by atoms with Gasteiger partial charge in [-0.05, 0) is 25.0 Å². The number of halogens is 1. The number of hydrogen-bond acceptors (Lipinski definition) is 7. The highest BCUT2D eigenvalue weighted by molar-refractivity contribution is 7.92. The molecule has 26 heavy (non-hydrogen) atoms. The second-order valence-corrected chi connectivity index (χ2v) is 11.7. The Morgan fingerprint density at radius 2 is 1.81 bits per heavy atom. The second kappa shape index (κ2) is 6.19. The van der Waals surface area contributed by atoms with Crippen LogP contribution in [0.3, 0.4) is 0 Å². The molecule has 0 bridgehead atoms. The molecule has 10 heteroatoms. The Hall–Kier alpha value is -1.16. The van der Waals surface area contributed by atoms with Crippen molar-refractivity contribution in [1.29, 1.82) is 0 Å². The summed E-state index contributed by atoms with van der Waals surface area (Å²) in [5.41, 5.74) is 0.160. The van der Waals surface area contributed by atoms with Crippen LogP contribution in [0.25, 0.3) is 11.1 Å². The van der Waals surface area contributed by atoms with Gasteiger partial charge in [0.1, 0.15) is 10.4 Å². The van der Waals surface area contributed by atoms with Crippen molar-refractivity contribution in [3.8, 4) is 0 Å². The number of rotatable bonds is 4. The lowest BCUT2D eigenvalue weighted by Gasteiger charge is -2.33. The van der Waals surface area contributed by atoms with Gasteiger partial charge in [0.15, 0.2) is 15.4 Å². The number of aromatic nitrogens is 1. The smallest absolute Gasteiger partial charge is 0.264 e. The summed E-state index contributed by atoms with van der Waals surface area (Å²) in [5, 5.41) is -0.720. The number of nitrogens with zero attached hydrogens (tertiary/aromatic N) is 1. The van der Waals surface area contributed by atoms with Crippen molar-refractivity contribution >= 4 is 42.7 Å². The molecule has 0 unspecified atom stereocenters. The summed E-state index contributed by atoms with van der Waals surface area (Å²) in [4.78, 5) is 4.28. The SMILES string of the molecule is CC(C)(C)c1nc2ccc(Cl)c(S(=O)(=O)[C@H]3C[C@@H](OS(C)(=O)=O)C3)c2o1. The van der Waals surface area contributed by atoms with Gasteiger partial charge in [0.05, 0.1) is 22.6 Å². The summed E-state index contributed by atoms with van der Waals surface area (Å²) in [7, 11) is -7.44. The highest BCUT2D eigenvalue weighted by Gasteiger charge is 2.44. The van der Waals surface area contributed by atoms with Crippen LogP contribution in [0.2, 0.25) is 5.02 Å². The number of sulfone groups is 1. The first-order valence-corrected chi connectivity index (χ1v) is 11.7. The Morgan fingerprint density at radius 1 is 1.19 bits per heavy atom. The lowest BCUT2D eigenvalue weighted by Crippen LogP contribution is -2.42. The van der Waals surface area contributed by atoms with E-state index in [9.17, 15) is 16.8 Å². The van der Waals surface area contributed by atoms with Gasteiger partial charge >= 0.3 is 0 Å². The predicted molar refractivity (Wildman–Crippen MR) is 97.6 cm³/mol. The quantitative estimate of drug-likeness (QED) is 0.698. The fourth-order valence-electron chi connectivity index (χ4n) is 2.79. The van der Waals surface area contributed by atoms with Gasteiger partial charge in [0.2, 0.25) is 5.89 Å². The molecule has 1 fully saturated rings. The molecule has 3 rings (SSSR count). The first kappa shape index (κ1) is 19.6. The minimum absolute atomic E-state index is 0.0570. The maximum Gasteiger partial charge on any atom is 0.264 e. The molecule has 144 valence electrons. The van der Waals surface area contributed by atoms with Gasteiger partial charge in [-0.2, -0.15) is 8.42 Å². The van der Waals surface area contributed by atoms with Gasteiger partial charge in [-0.15, -0.1) is 0 Å². The molecule has 0 radical (unpaired) electrons. The van der Waals surface area contributed by atoms with E-state index in [1.54, 1.807) is 6.07 Å². The maximum atomic E-state index is 13.0. The second-order valence-electron chi connectivity index (χ2n) is 7.55. The van der Waals surface area contributed by atoms with Crippen molar-refractivity contribution in [2.45, 2.75) is 55.3 Å². The van der Waals surface area contributed by atoms with E-state index in [1.807, 2.05) is 20.8 Å². The number of oxazole rings is 1. The lowest BCUT2D eigenvalue weighted by atomic mass is 9.96. The van der Waals surface area contributed by atoms with E-state index < -0.39 is 36.7 Å². The Labute approximate surface area is 157 Å². The third-order valence-electron chi connectivity index (χ3n) is 4.19.